The van der Waals surface area contributed by atoms with E-state index in [4.69, 9.17) is 0 Å². The number of aromatic nitrogens is 2. The quantitative estimate of drug-likeness (QED) is 0.868. The zero-order chi connectivity index (χ0) is 12.4. The van der Waals surface area contributed by atoms with Crippen molar-refractivity contribution in [2.24, 2.45) is 0 Å². The van der Waals surface area contributed by atoms with Gasteiger partial charge in [-0.05, 0) is 24.6 Å². The van der Waals surface area contributed by atoms with Gasteiger partial charge in [-0.25, -0.2) is 13.3 Å². The lowest BCUT2D eigenvalue weighted by atomic mass is 10.2. The van der Waals surface area contributed by atoms with Gasteiger partial charge in [-0.2, -0.15) is 0 Å². The number of nitrogens with zero attached hydrogens (tertiary/aromatic N) is 2. The Labute approximate surface area is 110 Å². The molecule has 0 unspecified atom stereocenters. The van der Waals surface area contributed by atoms with Crippen LogP contribution in [0.15, 0.2) is 38.3 Å². The SMILES string of the molecule is CCn1sc(=O)n(Cc2ccc(Br)cc2)c1=O. The van der Waals surface area contributed by atoms with Gasteiger partial charge in [0.2, 0.25) is 0 Å². The first-order valence-electron chi connectivity index (χ1n) is 5.17. The van der Waals surface area contributed by atoms with Crippen LogP contribution >= 0.6 is 27.5 Å². The van der Waals surface area contributed by atoms with Gasteiger partial charge in [0.25, 0.3) is 0 Å². The van der Waals surface area contributed by atoms with E-state index in [-0.39, 0.29) is 10.6 Å². The van der Waals surface area contributed by atoms with Crippen LogP contribution in [0, 0.1) is 0 Å². The summed E-state index contributed by atoms with van der Waals surface area (Å²) in [6, 6.07) is 7.57. The molecule has 1 aromatic heterocycles. The van der Waals surface area contributed by atoms with Crippen LogP contribution in [-0.4, -0.2) is 8.52 Å². The Kier molecular flexibility index (Phi) is 3.63. The monoisotopic (exact) mass is 314 g/mol. The molecule has 6 heteroatoms. The van der Waals surface area contributed by atoms with Crippen LogP contribution in [0.1, 0.15) is 12.5 Å². The van der Waals surface area contributed by atoms with Crippen molar-refractivity contribution in [3.8, 4) is 0 Å². The average Bonchev–Trinajstić information content (AvgIpc) is 2.59. The van der Waals surface area contributed by atoms with Crippen molar-refractivity contribution in [2.75, 3.05) is 0 Å². The molecular formula is C11H11BrN2O2S. The van der Waals surface area contributed by atoms with E-state index >= 15 is 0 Å². The molecule has 0 spiro atoms. The predicted octanol–water partition coefficient (Wildman–Crippen LogP) is 1.90. The summed E-state index contributed by atoms with van der Waals surface area (Å²) in [5, 5.41) is 0. The third-order valence-electron chi connectivity index (χ3n) is 2.39. The molecule has 0 bridgehead atoms. The van der Waals surface area contributed by atoms with E-state index in [1.54, 1.807) is 0 Å². The van der Waals surface area contributed by atoms with Crippen molar-refractivity contribution in [3.63, 3.8) is 0 Å². The summed E-state index contributed by atoms with van der Waals surface area (Å²) in [6.07, 6.45) is 0. The number of benzene rings is 1. The normalized spacial score (nSPS) is 10.7. The van der Waals surface area contributed by atoms with Crippen molar-refractivity contribution in [1.29, 1.82) is 0 Å². The van der Waals surface area contributed by atoms with E-state index in [9.17, 15) is 9.59 Å². The Morgan fingerprint density at radius 1 is 1.24 bits per heavy atom. The topological polar surface area (TPSA) is 44.0 Å². The summed E-state index contributed by atoms with van der Waals surface area (Å²) in [5.41, 5.74) is 0.707. The van der Waals surface area contributed by atoms with Crippen molar-refractivity contribution in [2.45, 2.75) is 20.0 Å². The first kappa shape index (κ1) is 12.3. The lowest BCUT2D eigenvalue weighted by molar-refractivity contribution is 0.675. The lowest BCUT2D eigenvalue weighted by Crippen LogP contribution is -2.29. The van der Waals surface area contributed by atoms with Crippen LogP contribution in [0.2, 0.25) is 0 Å². The van der Waals surface area contributed by atoms with Gasteiger partial charge in [0.15, 0.2) is 0 Å². The maximum absolute atomic E-state index is 11.8. The molecule has 0 aliphatic heterocycles. The van der Waals surface area contributed by atoms with Gasteiger partial charge in [-0.1, -0.05) is 28.1 Å². The summed E-state index contributed by atoms with van der Waals surface area (Å²) in [5.74, 6) is 0. The maximum atomic E-state index is 11.8. The van der Waals surface area contributed by atoms with Crippen molar-refractivity contribution >= 4 is 27.5 Å². The molecule has 0 radical (unpaired) electrons. The van der Waals surface area contributed by atoms with Crippen LogP contribution in [0.4, 0.5) is 0 Å². The Morgan fingerprint density at radius 3 is 2.41 bits per heavy atom. The second kappa shape index (κ2) is 5.01. The zero-order valence-corrected chi connectivity index (χ0v) is 11.6. The molecule has 4 nitrogen and oxygen atoms in total. The number of hydrogen-bond donors (Lipinski definition) is 0. The Bertz CT molecular complexity index is 624. The van der Waals surface area contributed by atoms with E-state index in [0.29, 0.717) is 13.1 Å². The number of aryl methyl sites for hydroxylation is 1. The summed E-state index contributed by atoms with van der Waals surface area (Å²) in [6.45, 7) is 2.71. The van der Waals surface area contributed by atoms with E-state index in [2.05, 4.69) is 15.9 Å². The molecule has 2 rings (SSSR count). The molecule has 0 aliphatic carbocycles. The van der Waals surface area contributed by atoms with Gasteiger partial charge in [0, 0.05) is 22.5 Å². The van der Waals surface area contributed by atoms with Gasteiger partial charge >= 0.3 is 10.6 Å². The molecule has 0 amide bonds. The molecule has 0 atom stereocenters. The predicted molar refractivity (Wildman–Crippen MR) is 71.8 cm³/mol. The van der Waals surface area contributed by atoms with Crippen molar-refractivity contribution < 1.29 is 0 Å². The molecule has 2 aromatic rings. The van der Waals surface area contributed by atoms with E-state index in [0.717, 1.165) is 21.6 Å². The fourth-order valence-electron chi connectivity index (χ4n) is 1.50. The Hall–Kier alpha value is -1.14. The smallest absolute Gasteiger partial charge is 0.255 e. The highest BCUT2D eigenvalue weighted by Crippen LogP contribution is 2.10. The molecule has 90 valence electrons. The molecule has 0 fully saturated rings. The van der Waals surface area contributed by atoms with Crippen LogP contribution in [0.5, 0.6) is 0 Å². The maximum Gasteiger partial charge on any atom is 0.341 e. The molecule has 0 aliphatic rings. The fourth-order valence-corrected chi connectivity index (χ4v) is 2.50. The molecule has 1 heterocycles. The van der Waals surface area contributed by atoms with Gasteiger partial charge < -0.3 is 0 Å². The highest BCUT2D eigenvalue weighted by atomic mass is 79.9. The largest absolute Gasteiger partial charge is 0.341 e. The van der Waals surface area contributed by atoms with Gasteiger partial charge in [-0.3, -0.25) is 4.79 Å². The van der Waals surface area contributed by atoms with Crippen LogP contribution in [-0.2, 0) is 13.1 Å². The Balaban J connectivity index is 2.36. The summed E-state index contributed by atoms with van der Waals surface area (Å²) >= 11 is 4.31. The number of rotatable bonds is 3. The van der Waals surface area contributed by atoms with Crippen LogP contribution in [0.25, 0.3) is 0 Å². The minimum absolute atomic E-state index is 0.209. The Morgan fingerprint density at radius 2 is 1.88 bits per heavy atom. The standard InChI is InChI=1S/C11H11BrN2O2S/c1-2-14-10(15)13(11(16)17-14)7-8-3-5-9(12)6-4-8/h3-6H,2,7H2,1H3. The number of halogens is 1. The third kappa shape index (κ3) is 2.58. The van der Waals surface area contributed by atoms with Crippen molar-refractivity contribution in [3.05, 3.63) is 54.5 Å². The molecular weight excluding hydrogens is 304 g/mol. The first-order chi connectivity index (χ1) is 8.11. The second-order valence-electron chi connectivity index (χ2n) is 3.55. The molecule has 0 N–H and O–H groups in total. The van der Waals surface area contributed by atoms with Crippen molar-refractivity contribution in [1.82, 2.24) is 8.52 Å². The van der Waals surface area contributed by atoms with E-state index < -0.39 is 0 Å². The first-order valence-corrected chi connectivity index (χ1v) is 6.74. The highest BCUT2D eigenvalue weighted by molar-refractivity contribution is 9.10. The summed E-state index contributed by atoms with van der Waals surface area (Å²) in [4.78, 5) is 23.3. The third-order valence-corrected chi connectivity index (χ3v) is 3.93. The average molecular weight is 315 g/mol. The lowest BCUT2D eigenvalue weighted by Gasteiger charge is -2.00. The molecule has 0 saturated carbocycles. The van der Waals surface area contributed by atoms with Crippen LogP contribution < -0.4 is 10.6 Å². The summed E-state index contributed by atoms with van der Waals surface area (Å²) in [7, 11) is 0. The minimum atomic E-state index is -0.231. The summed E-state index contributed by atoms with van der Waals surface area (Å²) < 4.78 is 3.70. The van der Waals surface area contributed by atoms with Gasteiger partial charge in [0.05, 0.1) is 6.54 Å². The highest BCUT2D eigenvalue weighted by Gasteiger charge is 2.08. The van der Waals surface area contributed by atoms with E-state index in [1.807, 2.05) is 31.2 Å². The van der Waals surface area contributed by atoms with E-state index in [1.165, 1.54) is 8.52 Å². The molecule has 1 aromatic carbocycles. The zero-order valence-electron chi connectivity index (χ0n) is 9.22. The van der Waals surface area contributed by atoms with Gasteiger partial charge in [-0.15, -0.1) is 0 Å². The molecule has 17 heavy (non-hydrogen) atoms. The fraction of sp³-hybridized carbons (Fsp3) is 0.273. The van der Waals surface area contributed by atoms with Gasteiger partial charge in [0.1, 0.15) is 0 Å². The number of hydrogen-bond acceptors (Lipinski definition) is 3. The second-order valence-corrected chi connectivity index (χ2v) is 5.44. The van der Waals surface area contributed by atoms with Crippen LogP contribution in [0.3, 0.4) is 0 Å². The molecule has 0 saturated heterocycles. The minimum Gasteiger partial charge on any atom is -0.255 e.